The van der Waals surface area contributed by atoms with Crippen LogP contribution in [0.5, 0.6) is 0 Å². The second kappa shape index (κ2) is 5.71. The van der Waals surface area contributed by atoms with Gasteiger partial charge in [0.1, 0.15) is 0 Å². The second-order valence-corrected chi connectivity index (χ2v) is 5.42. The zero-order valence-corrected chi connectivity index (χ0v) is 10.8. The number of hydrogen-bond donors (Lipinski definition) is 0. The third kappa shape index (κ3) is 3.00. The van der Waals surface area contributed by atoms with Gasteiger partial charge in [0, 0.05) is 24.6 Å². The Kier molecular flexibility index (Phi) is 4.27. The zero-order chi connectivity index (χ0) is 11.4. The molecule has 1 aliphatic rings. The Balaban J connectivity index is 1.95. The van der Waals surface area contributed by atoms with Crippen LogP contribution in [-0.2, 0) is 4.74 Å². The van der Waals surface area contributed by atoms with Gasteiger partial charge in [-0.05, 0) is 43.8 Å². The van der Waals surface area contributed by atoms with E-state index in [1.165, 1.54) is 29.8 Å². The SMILES string of the molecule is COCC1CCCN1Sc1ccc(C)cc1. The number of methoxy groups -OCH3 is 1. The van der Waals surface area contributed by atoms with Crippen LogP contribution >= 0.6 is 11.9 Å². The van der Waals surface area contributed by atoms with E-state index in [1.807, 2.05) is 11.9 Å². The van der Waals surface area contributed by atoms with Crippen molar-refractivity contribution in [3.8, 4) is 0 Å². The average molecular weight is 237 g/mol. The van der Waals surface area contributed by atoms with Crippen molar-refractivity contribution in [3.63, 3.8) is 0 Å². The Labute approximate surface area is 102 Å². The highest BCUT2D eigenvalue weighted by molar-refractivity contribution is 7.97. The molecule has 1 fully saturated rings. The first-order chi connectivity index (χ1) is 7.79. The van der Waals surface area contributed by atoms with Crippen molar-refractivity contribution in [1.82, 2.24) is 4.31 Å². The third-order valence-corrected chi connectivity index (χ3v) is 4.12. The van der Waals surface area contributed by atoms with Crippen LogP contribution in [0.15, 0.2) is 29.2 Å². The van der Waals surface area contributed by atoms with Gasteiger partial charge < -0.3 is 4.74 Å². The van der Waals surface area contributed by atoms with E-state index in [4.69, 9.17) is 4.74 Å². The Morgan fingerprint density at radius 1 is 1.38 bits per heavy atom. The minimum absolute atomic E-state index is 0.580. The first-order valence-electron chi connectivity index (χ1n) is 5.80. The van der Waals surface area contributed by atoms with Crippen molar-refractivity contribution in [1.29, 1.82) is 0 Å². The van der Waals surface area contributed by atoms with E-state index in [0.717, 1.165) is 6.61 Å². The molecule has 0 spiro atoms. The molecule has 0 radical (unpaired) electrons. The highest BCUT2D eigenvalue weighted by Crippen LogP contribution is 2.31. The van der Waals surface area contributed by atoms with Gasteiger partial charge in [-0.15, -0.1) is 0 Å². The number of hydrogen-bond acceptors (Lipinski definition) is 3. The van der Waals surface area contributed by atoms with Crippen LogP contribution < -0.4 is 0 Å². The van der Waals surface area contributed by atoms with E-state index in [0.29, 0.717) is 6.04 Å². The monoisotopic (exact) mass is 237 g/mol. The molecule has 1 aliphatic heterocycles. The molecule has 16 heavy (non-hydrogen) atoms. The van der Waals surface area contributed by atoms with Crippen LogP contribution in [0, 0.1) is 6.92 Å². The third-order valence-electron chi connectivity index (χ3n) is 2.93. The summed E-state index contributed by atoms with van der Waals surface area (Å²) in [5.41, 5.74) is 1.32. The summed E-state index contributed by atoms with van der Waals surface area (Å²) in [6.45, 7) is 4.14. The molecule has 0 amide bonds. The molecule has 0 bridgehead atoms. The topological polar surface area (TPSA) is 12.5 Å². The van der Waals surface area contributed by atoms with Gasteiger partial charge in [-0.1, -0.05) is 17.7 Å². The molecule has 3 heteroatoms. The molecular formula is C13H19NOS. The summed E-state index contributed by atoms with van der Waals surface area (Å²) < 4.78 is 7.71. The maximum Gasteiger partial charge on any atom is 0.0627 e. The summed E-state index contributed by atoms with van der Waals surface area (Å²) in [5.74, 6) is 0. The predicted molar refractivity (Wildman–Crippen MR) is 68.6 cm³/mol. The summed E-state index contributed by atoms with van der Waals surface area (Å²) in [5, 5.41) is 0. The maximum absolute atomic E-state index is 5.26. The zero-order valence-electron chi connectivity index (χ0n) is 9.98. The lowest BCUT2D eigenvalue weighted by molar-refractivity contribution is 0.153. The number of rotatable bonds is 4. The Bertz CT molecular complexity index is 325. The summed E-state index contributed by atoms with van der Waals surface area (Å²) in [4.78, 5) is 1.33. The van der Waals surface area contributed by atoms with Gasteiger partial charge in [-0.25, -0.2) is 4.31 Å². The normalized spacial score (nSPS) is 21.5. The molecule has 0 saturated carbocycles. The first-order valence-corrected chi connectivity index (χ1v) is 6.57. The van der Waals surface area contributed by atoms with Crippen LogP contribution in [0.25, 0.3) is 0 Å². The molecule has 1 aromatic rings. The van der Waals surface area contributed by atoms with Crippen molar-refractivity contribution >= 4 is 11.9 Å². The first kappa shape index (κ1) is 12.0. The standard InChI is InChI=1S/C13H19NOS/c1-11-5-7-13(8-6-11)16-14-9-3-4-12(14)10-15-2/h5-8,12H,3-4,9-10H2,1-2H3. The fraction of sp³-hybridized carbons (Fsp3) is 0.538. The fourth-order valence-corrected chi connectivity index (χ4v) is 3.09. The lowest BCUT2D eigenvalue weighted by atomic mass is 10.2. The summed E-state index contributed by atoms with van der Waals surface area (Å²) >= 11 is 1.86. The van der Waals surface area contributed by atoms with Crippen LogP contribution in [-0.4, -0.2) is 30.6 Å². The van der Waals surface area contributed by atoms with Crippen molar-refractivity contribution in [3.05, 3.63) is 29.8 Å². The molecule has 88 valence electrons. The average Bonchev–Trinajstić information content (AvgIpc) is 2.70. The molecule has 2 nitrogen and oxygen atoms in total. The maximum atomic E-state index is 5.26. The predicted octanol–water partition coefficient (Wildman–Crippen LogP) is 3.11. The molecule has 0 aromatic heterocycles. The van der Waals surface area contributed by atoms with E-state index >= 15 is 0 Å². The van der Waals surface area contributed by atoms with Gasteiger partial charge in [0.15, 0.2) is 0 Å². The lowest BCUT2D eigenvalue weighted by Crippen LogP contribution is -2.26. The molecule has 0 N–H and O–H groups in total. The van der Waals surface area contributed by atoms with Crippen LogP contribution in [0.2, 0.25) is 0 Å². The van der Waals surface area contributed by atoms with Gasteiger partial charge in [0.2, 0.25) is 0 Å². The minimum atomic E-state index is 0.580. The molecule has 1 heterocycles. The van der Waals surface area contributed by atoms with Crippen LogP contribution in [0.1, 0.15) is 18.4 Å². The van der Waals surface area contributed by atoms with Gasteiger partial charge in [0.25, 0.3) is 0 Å². The highest BCUT2D eigenvalue weighted by Gasteiger charge is 2.25. The Morgan fingerprint density at radius 2 is 2.12 bits per heavy atom. The van der Waals surface area contributed by atoms with E-state index < -0.39 is 0 Å². The Hall–Kier alpha value is -0.510. The molecule has 0 aliphatic carbocycles. The summed E-state index contributed by atoms with van der Waals surface area (Å²) in [7, 11) is 1.78. The molecule has 1 atom stereocenters. The van der Waals surface area contributed by atoms with Crippen LogP contribution in [0.4, 0.5) is 0 Å². The molecule has 1 unspecified atom stereocenters. The van der Waals surface area contributed by atoms with Crippen molar-refractivity contribution < 1.29 is 4.74 Å². The highest BCUT2D eigenvalue weighted by atomic mass is 32.2. The summed E-state index contributed by atoms with van der Waals surface area (Å²) in [6.07, 6.45) is 2.54. The minimum Gasteiger partial charge on any atom is -0.383 e. The van der Waals surface area contributed by atoms with E-state index in [2.05, 4.69) is 35.5 Å². The second-order valence-electron chi connectivity index (χ2n) is 4.30. The molecular weight excluding hydrogens is 218 g/mol. The largest absolute Gasteiger partial charge is 0.383 e. The lowest BCUT2D eigenvalue weighted by Gasteiger charge is -2.22. The van der Waals surface area contributed by atoms with Crippen molar-refractivity contribution in [2.24, 2.45) is 0 Å². The molecule has 2 rings (SSSR count). The van der Waals surface area contributed by atoms with Gasteiger partial charge >= 0.3 is 0 Å². The fourth-order valence-electron chi connectivity index (χ4n) is 2.02. The Morgan fingerprint density at radius 3 is 2.81 bits per heavy atom. The van der Waals surface area contributed by atoms with Gasteiger partial charge in [-0.2, -0.15) is 0 Å². The quantitative estimate of drug-likeness (QED) is 0.747. The number of nitrogens with zero attached hydrogens (tertiary/aromatic N) is 1. The van der Waals surface area contributed by atoms with E-state index in [1.54, 1.807) is 7.11 Å². The number of aryl methyl sites for hydroxylation is 1. The van der Waals surface area contributed by atoms with Crippen molar-refractivity contribution in [2.45, 2.75) is 30.7 Å². The smallest absolute Gasteiger partial charge is 0.0627 e. The van der Waals surface area contributed by atoms with Crippen molar-refractivity contribution in [2.75, 3.05) is 20.3 Å². The molecule has 1 saturated heterocycles. The number of benzene rings is 1. The molecule has 1 aromatic carbocycles. The van der Waals surface area contributed by atoms with Gasteiger partial charge in [-0.3, -0.25) is 0 Å². The summed E-state index contributed by atoms with van der Waals surface area (Å²) in [6, 6.07) is 9.31. The van der Waals surface area contributed by atoms with E-state index in [-0.39, 0.29) is 0 Å². The van der Waals surface area contributed by atoms with Crippen LogP contribution in [0.3, 0.4) is 0 Å². The van der Waals surface area contributed by atoms with Gasteiger partial charge in [0.05, 0.1) is 6.61 Å². The van der Waals surface area contributed by atoms with E-state index in [9.17, 15) is 0 Å². The number of ether oxygens (including phenoxy) is 1.